The maximum Gasteiger partial charge on any atom is 0.126 e. The molecule has 17 heavy (non-hydrogen) atoms. The van der Waals surface area contributed by atoms with Crippen LogP contribution in [0.1, 0.15) is 0 Å². The Morgan fingerprint density at radius 3 is 2.94 bits per heavy atom. The zero-order valence-electron chi connectivity index (χ0n) is 8.70. The van der Waals surface area contributed by atoms with Gasteiger partial charge in [-0.05, 0) is 35.5 Å². The van der Waals surface area contributed by atoms with Crippen LogP contribution in [-0.4, -0.2) is 9.97 Å². The van der Waals surface area contributed by atoms with Crippen molar-refractivity contribution in [3.05, 3.63) is 47.6 Å². The van der Waals surface area contributed by atoms with Crippen LogP contribution in [0, 0.1) is 4.91 Å². The molecule has 0 aliphatic heterocycles. The van der Waals surface area contributed by atoms with E-state index >= 15 is 0 Å². The first-order valence-corrected chi connectivity index (χ1v) is 5.83. The summed E-state index contributed by atoms with van der Waals surface area (Å²) in [6.07, 6.45) is 3.50. The van der Waals surface area contributed by atoms with Crippen LogP contribution in [-0.2, 0) is 0 Å². The number of nitrogens with zero attached hydrogens (tertiary/aromatic N) is 3. The molecule has 0 unspecified atom stereocenters. The van der Waals surface area contributed by atoms with Gasteiger partial charge < -0.3 is 0 Å². The average molecular weight is 241 g/mol. The zero-order valence-corrected chi connectivity index (χ0v) is 9.52. The lowest BCUT2D eigenvalue weighted by molar-refractivity contribution is 1.32. The fraction of sp³-hybridized carbons (Fsp3) is 0. The second kappa shape index (κ2) is 4.03. The summed E-state index contributed by atoms with van der Waals surface area (Å²) in [5.74, 6) is 0. The largest absolute Gasteiger partial charge is 0.264 e. The van der Waals surface area contributed by atoms with Gasteiger partial charge in [0.1, 0.15) is 10.7 Å². The molecule has 0 spiro atoms. The lowest BCUT2D eigenvalue weighted by atomic mass is 10.3. The third-order valence-corrected chi connectivity index (χ3v) is 3.45. The van der Waals surface area contributed by atoms with Crippen molar-refractivity contribution in [3.8, 4) is 10.6 Å². The topological polar surface area (TPSA) is 55.2 Å². The fourth-order valence-corrected chi connectivity index (χ4v) is 2.57. The smallest absolute Gasteiger partial charge is 0.126 e. The Bertz CT molecular complexity index is 679. The highest BCUT2D eigenvalue weighted by Crippen LogP contribution is 2.31. The highest BCUT2D eigenvalue weighted by molar-refractivity contribution is 7.21. The number of nitroso groups, excluding NO2 is 1. The van der Waals surface area contributed by atoms with Crippen molar-refractivity contribution in [3.63, 3.8) is 0 Å². The summed E-state index contributed by atoms with van der Waals surface area (Å²) in [5.41, 5.74) is 2.29. The minimum Gasteiger partial charge on any atom is -0.264 e. The SMILES string of the molecule is O=Nc1ccc2nc(-c3cccnc3)sc2c1. The van der Waals surface area contributed by atoms with Crippen LogP contribution in [0.3, 0.4) is 0 Å². The number of hydrogen-bond acceptors (Lipinski definition) is 5. The van der Waals surface area contributed by atoms with Crippen molar-refractivity contribution in [2.24, 2.45) is 5.18 Å². The first-order chi connectivity index (χ1) is 8.36. The average Bonchev–Trinajstić information content (AvgIpc) is 2.82. The number of benzene rings is 1. The summed E-state index contributed by atoms with van der Waals surface area (Å²) in [6.45, 7) is 0. The molecule has 0 aliphatic rings. The molecular weight excluding hydrogens is 234 g/mol. The van der Waals surface area contributed by atoms with Crippen LogP contribution in [0.4, 0.5) is 5.69 Å². The van der Waals surface area contributed by atoms with Gasteiger partial charge in [0.25, 0.3) is 0 Å². The number of thiazole rings is 1. The van der Waals surface area contributed by atoms with Gasteiger partial charge in [-0.25, -0.2) is 4.98 Å². The van der Waals surface area contributed by atoms with Gasteiger partial charge in [0, 0.05) is 18.0 Å². The van der Waals surface area contributed by atoms with Crippen LogP contribution < -0.4 is 0 Å². The standard InChI is InChI=1S/C12H7N3OS/c16-15-9-3-4-10-11(6-9)17-12(14-10)8-2-1-5-13-7-8/h1-7H. The Labute approximate surface area is 101 Å². The van der Waals surface area contributed by atoms with E-state index in [1.807, 2.05) is 18.2 Å². The van der Waals surface area contributed by atoms with Crippen molar-refractivity contribution in [1.82, 2.24) is 9.97 Å². The maximum atomic E-state index is 10.5. The second-order valence-electron chi connectivity index (χ2n) is 3.50. The van der Waals surface area contributed by atoms with Crippen molar-refractivity contribution in [2.75, 3.05) is 0 Å². The highest BCUT2D eigenvalue weighted by atomic mass is 32.1. The molecule has 0 saturated heterocycles. The Morgan fingerprint density at radius 1 is 1.24 bits per heavy atom. The van der Waals surface area contributed by atoms with Crippen LogP contribution in [0.25, 0.3) is 20.8 Å². The van der Waals surface area contributed by atoms with Gasteiger partial charge in [-0.1, -0.05) is 0 Å². The summed E-state index contributed by atoms with van der Waals surface area (Å²) in [7, 11) is 0. The molecule has 2 aromatic heterocycles. The molecule has 0 saturated carbocycles. The molecule has 4 nitrogen and oxygen atoms in total. The van der Waals surface area contributed by atoms with Crippen molar-refractivity contribution in [2.45, 2.75) is 0 Å². The lowest BCUT2D eigenvalue weighted by Crippen LogP contribution is -1.76. The molecule has 0 atom stereocenters. The number of hydrogen-bond donors (Lipinski definition) is 0. The molecule has 0 radical (unpaired) electrons. The molecule has 3 aromatic rings. The Kier molecular flexibility index (Phi) is 2.38. The molecule has 2 heterocycles. The molecule has 0 aliphatic carbocycles. The van der Waals surface area contributed by atoms with Crippen LogP contribution >= 0.6 is 11.3 Å². The molecular formula is C12H7N3OS. The van der Waals surface area contributed by atoms with E-state index in [2.05, 4.69) is 15.1 Å². The first kappa shape index (κ1) is 10.0. The minimum atomic E-state index is 0.430. The van der Waals surface area contributed by atoms with E-state index in [9.17, 15) is 4.91 Å². The van der Waals surface area contributed by atoms with Gasteiger partial charge in [0.2, 0.25) is 0 Å². The highest BCUT2D eigenvalue weighted by Gasteiger charge is 2.06. The number of rotatable bonds is 2. The Morgan fingerprint density at radius 2 is 2.18 bits per heavy atom. The quantitative estimate of drug-likeness (QED) is 0.642. The lowest BCUT2D eigenvalue weighted by Gasteiger charge is -1.91. The van der Waals surface area contributed by atoms with E-state index in [-0.39, 0.29) is 0 Å². The van der Waals surface area contributed by atoms with Gasteiger partial charge >= 0.3 is 0 Å². The molecule has 3 rings (SSSR count). The van der Waals surface area contributed by atoms with Crippen LogP contribution in [0.15, 0.2) is 47.9 Å². The molecule has 0 fully saturated rings. The minimum absolute atomic E-state index is 0.430. The van der Waals surface area contributed by atoms with Gasteiger partial charge in [-0.2, -0.15) is 0 Å². The van der Waals surface area contributed by atoms with E-state index in [0.29, 0.717) is 5.69 Å². The summed E-state index contributed by atoms with van der Waals surface area (Å²) in [6, 6.07) is 9.06. The third-order valence-electron chi connectivity index (χ3n) is 2.39. The molecule has 0 N–H and O–H groups in total. The summed E-state index contributed by atoms with van der Waals surface area (Å²) < 4.78 is 0.959. The van der Waals surface area contributed by atoms with E-state index in [0.717, 1.165) is 20.8 Å². The number of aromatic nitrogens is 2. The Balaban J connectivity index is 2.17. The molecule has 82 valence electrons. The van der Waals surface area contributed by atoms with E-state index in [1.54, 1.807) is 24.5 Å². The third kappa shape index (κ3) is 1.81. The molecule has 0 amide bonds. The fourth-order valence-electron chi connectivity index (χ4n) is 1.58. The van der Waals surface area contributed by atoms with Gasteiger partial charge in [-0.15, -0.1) is 16.2 Å². The summed E-state index contributed by atoms with van der Waals surface area (Å²) >= 11 is 1.53. The maximum absolute atomic E-state index is 10.5. The predicted molar refractivity (Wildman–Crippen MR) is 68.3 cm³/mol. The van der Waals surface area contributed by atoms with Gasteiger partial charge in [0.15, 0.2) is 0 Å². The predicted octanol–water partition coefficient (Wildman–Crippen LogP) is 3.76. The van der Waals surface area contributed by atoms with E-state index < -0.39 is 0 Å². The van der Waals surface area contributed by atoms with Crippen molar-refractivity contribution in [1.29, 1.82) is 0 Å². The zero-order chi connectivity index (χ0) is 11.7. The molecule has 1 aromatic carbocycles. The van der Waals surface area contributed by atoms with Gasteiger partial charge in [-0.3, -0.25) is 4.98 Å². The molecule has 0 bridgehead atoms. The Hall–Kier alpha value is -2.14. The van der Waals surface area contributed by atoms with E-state index in [4.69, 9.17) is 0 Å². The molecule has 5 heteroatoms. The van der Waals surface area contributed by atoms with Gasteiger partial charge in [0.05, 0.1) is 10.2 Å². The second-order valence-corrected chi connectivity index (χ2v) is 4.53. The number of fused-ring (bicyclic) bond motifs is 1. The van der Waals surface area contributed by atoms with Crippen LogP contribution in [0.2, 0.25) is 0 Å². The van der Waals surface area contributed by atoms with Crippen LogP contribution in [0.5, 0.6) is 0 Å². The summed E-state index contributed by atoms with van der Waals surface area (Å²) in [5, 5.41) is 3.82. The van der Waals surface area contributed by atoms with E-state index in [1.165, 1.54) is 11.3 Å². The monoisotopic (exact) mass is 241 g/mol. The normalized spacial score (nSPS) is 10.6. The summed E-state index contributed by atoms with van der Waals surface area (Å²) in [4.78, 5) is 19.0. The number of pyridine rings is 1. The van der Waals surface area contributed by atoms with Crippen molar-refractivity contribution >= 4 is 27.2 Å². The van der Waals surface area contributed by atoms with Crippen molar-refractivity contribution < 1.29 is 0 Å². The first-order valence-electron chi connectivity index (χ1n) is 5.01.